The van der Waals surface area contributed by atoms with Gasteiger partial charge in [-0.05, 0) is 22.0 Å². The van der Waals surface area contributed by atoms with Crippen LogP contribution in [0.15, 0.2) is 22.7 Å². The Bertz CT molecular complexity index is 408. The minimum atomic E-state index is 0.0131. The highest BCUT2D eigenvalue weighted by Gasteiger charge is 2.06. The molecule has 1 amide bonds. The van der Waals surface area contributed by atoms with E-state index >= 15 is 0 Å². The van der Waals surface area contributed by atoms with Crippen molar-refractivity contribution in [3.63, 3.8) is 0 Å². The molecule has 0 saturated carbocycles. The molecule has 0 atom stereocenters. The van der Waals surface area contributed by atoms with E-state index in [2.05, 4.69) is 26.6 Å². The highest BCUT2D eigenvalue weighted by atomic mass is 79.9. The van der Waals surface area contributed by atoms with Crippen LogP contribution in [0.5, 0.6) is 5.75 Å². The number of para-hydroxylation sites is 1. The molecule has 1 aromatic rings. The third-order valence-electron chi connectivity index (χ3n) is 2.51. The number of benzene rings is 1. The van der Waals surface area contributed by atoms with Crippen molar-refractivity contribution < 1.29 is 9.90 Å². The van der Waals surface area contributed by atoms with Gasteiger partial charge in [-0.1, -0.05) is 26.0 Å². The second-order valence-corrected chi connectivity index (χ2v) is 5.22. The second kappa shape index (κ2) is 7.38. The Morgan fingerprint density at radius 3 is 2.78 bits per heavy atom. The maximum atomic E-state index is 11.3. The summed E-state index contributed by atoms with van der Waals surface area (Å²) in [6.07, 6.45) is 0. The van der Waals surface area contributed by atoms with Crippen LogP contribution >= 0.6 is 15.9 Å². The molecule has 18 heavy (non-hydrogen) atoms. The molecule has 0 saturated heterocycles. The quantitative estimate of drug-likeness (QED) is 0.704. The van der Waals surface area contributed by atoms with Gasteiger partial charge < -0.3 is 15.7 Å². The molecule has 1 rings (SSSR count). The van der Waals surface area contributed by atoms with Crippen molar-refractivity contribution in [3.05, 3.63) is 28.2 Å². The number of aromatic hydroxyl groups is 1. The predicted octanol–water partition coefficient (Wildman–Crippen LogP) is 2.02. The molecule has 0 aliphatic rings. The van der Waals surface area contributed by atoms with E-state index in [1.807, 2.05) is 26.0 Å². The van der Waals surface area contributed by atoms with Crippen molar-refractivity contribution in [1.82, 2.24) is 10.6 Å². The fourth-order valence-corrected chi connectivity index (χ4v) is 1.81. The zero-order valence-corrected chi connectivity index (χ0v) is 12.3. The van der Waals surface area contributed by atoms with Gasteiger partial charge in [-0.3, -0.25) is 4.79 Å². The zero-order valence-electron chi connectivity index (χ0n) is 10.7. The lowest BCUT2D eigenvalue weighted by molar-refractivity contribution is -0.123. The van der Waals surface area contributed by atoms with Crippen molar-refractivity contribution >= 4 is 21.8 Å². The van der Waals surface area contributed by atoms with Gasteiger partial charge >= 0.3 is 0 Å². The fraction of sp³-hybridized carbons (Fsp3) is 0.462. The van der Waals surface area contributed by atoms with E-state index in [0.717, 1.165) is 5.56 Å². The van der Waals surface area contributed by atoms with Crippen LogP contribution in [0.25, 0.3) is 0 Å². The van der Waals surface area contributed by atoms with Crippen molar-refractivity contribution in [3.8, 4) is 5.75 Å². The van der Waals surface area contributed by atoms with Crippen LogP contribution in [0.3, 0.4) is 0 Å². The summed E-state index contributed by atoms with van der Waals surface area (Å²) in [6.45, 7) is 5.56. The highest BCUT2D eigenvalue weighted by molar-refractivity contribution is 9.10. The van der Waals surface area contributed by atoms with Crippen molar-refractivity contribution in [1.29, 1.82) is 0 Å². The normalized spacial score (nSPS) is 10.7. The van der Waals surface area contributed by atoms with E-state index in [0.29, 0.717) is 24.1 Å². The number of carbonyl (C=O) groups is 1. The molecule has 3 N–H and O–H groups in total. The minimum Gasteiger partial charge on any atom is -0.506 e. The summed E-state index contributed by atoms with van der Waals surface area (Å²) >= 11 is 3.27. The van der Waals surface area contributed by atoms with Crippen molar-refractivity contribution in [2.45, 2.75) is 20.4 Å². The molecule has 0 unspecified atom stereocenters. The molecule has 0 radical (unpaired) electrons. The Labute approximate surface area is 116 Å². The minimum absolute atomic E-state index is 0.0131. The summed E-state index contributed by atoms with van der Waals surface area (Å²) in [4.78, 5) is 11.3. The third-order valence-corrected chi connectivity index (χ3v) is 3.15. The molecule has 0 aliphatic carbocycles. The fourth-order valence-electron chi connectivity index (χ4n) is 1.40. The molecular weight excluding hydrogens is 296 g/mol. The number of rotatable bonds is 6. The van der Waals surface area contributed by atoms with Crippen LogP contribution in [0.2, 0.25) is 0 Å². The van der Waals surface area contributed by atoms with Crippen LogP contribution in [0.1, 0.15) is 19.4 Å². The lowest BCUT2D eigenvalue weighted by atomic mass is 10.2. The summed E-state index contributed by atoms with van der Waals surface area (Å²) in [5.74, 6) is 0.331. The van der Waals surface area contributed by atoms with Crippen molar-refractivity contribution in [2.24, 2.45) is 5.92 Å². The Hall–Kier alpha value is -1.07. The molecule has 0 fully saturated rings. The zero-order chi connectivity index (χ0) is 13.5. The van der Waals surface area contributed by atoms with Crippen LogP contribution in [-0.2, 0) is 11.3 Å². The maximum Gasteiger partial charge on any atom is 0.222 e. The van der Waals surface area contributed by atoms with E-state index < -0.39 is 0 Å². The number of hydrogen-bond donors (Lipinski definition) is 3. The number of nitrogens with one attached hydrogen (secondary N) is 2. The molecule has 5 heteroatoms. The SMILES string of the molecule is CC(C)C(=O)NCCNCc1cccc(Br)c1O. The molecular formula is C13H19BrN2O2. The molecule has 0 spiro atoms. The lowest BCUT2D eigenvalue weighted by Gasteiger charge is -2.10. The topological polar surface area (TPSA) is 61.4 Å². The van der Waals surface area contributed by atoms with Gasteiger partial charge in [0, 0.05) is 31.1 Å². The standard InChI is InChI=1S/C13H19BrN2O2/c1-9(2)13(18)16-7-6-15-8-10-4-3-5-11(14)12(10)17/h3-5,9,15,17H,6-8H2,1-2H3,(H,16,18). The van der Waals surface area contributed by atoms with Gasteiger partial charge in [-0.15, -0.1) is 0 Å². The van der Waals surface area contributed by atoms with E-state index in [1.54, 1.807) is 6.07 Å². The van der Waals surface area contributed by atoms with Gasteiger partial charge in [0.05, 0.1) is 4.47 Å². The average molecular weight is 315 g/mol. The molecule has 1 aromatic carbocycles. The van der Waals surface area contributed by atoms with E-state index in [4.69, 9.17) is 0 Å². The van der Waals surface area contributed by atoms with E-state index in [9.17, 15) is 9.90 Å². The van der Waals surface area contributed by atoms with Crippen LogP contribution < -0.4 is 10.6 Å². The third kappa shape index (κ3) is 4.66. The summed E-state index contributed by atoms with van der Waals surface area (Å²) in [7, 11) is 0. The van der Waals surface area contributed by atoms with Gasteiger partial charge in [0.2, 0.25) is 5.91 Å². The number of amides is 1. The summed E-state index contributed by atoms with van der Waals surface area (Å²) in [5, 5.41) is 15.7. The summed E-state index contributed by atoms with van der Waals surface area (Å²) in [6, 6.07) is 5.53. The first kappa shape index (κ1) is 15.0. The first-order valence-corrected chi connectivity index (χ1v) is 6.76. The summed E-state index contributed by atoms with van der Waals surface area (Å²) in [5.41, 5.74) is 0.833. The molecule has 0 bridgehead atoms. The lowest BCUT2D eigenvalue weighted by Crippen LogP contribution is -2.34. The predicted molar refractivity (Wildman–Crippen MR) is 75.4 cm³/mol. The van der Waals surface area contributed by atoms with Crippen LogP contribution in [0, 0.1) is 5.92 Å². The van der Waals surface area contributed by atoms with Gasteiger partial charge in [-0.25, -0.2) is 0 Å². The Kier molecular flexibility index (Phi) is 6.15. The molecule has 4 nitrogen and oxygen atoms in total. The maximum absolute atomic E-state index is 11.3. The van der Waals surface area contributed by atoms with E-state index in [1.165, 1.54) is 0 Å². The number of halogens is 1. The second-order valence-electron chi connectivity index (χ2n) is 4.37. The first-order valence-electron chi connectivity index (χ1n) is 5.97. The first-order chi connectivity index (χ1) is 8.52. The smallest absolute Gasteiger partial charge is 0.222 e. The molecule has 0 aromatic heterocycles. The molecule has 0 aliphatic heterocycles. The number of phenolic OH excluding ortho intramolecular Hbond substituents is 1. The number of hydrogen-bond acceptors (Lipinski definition) is 3. The Morgan fingerprint density at radius 2 is 2.11 bits per heavy atom. The monoisotopic (exact) mass is 314 g/mol. The average Bonchev–Trinajstić information content (AvgIpc) is 2.33. The van der Waals surface area contributed by atoms with E-state index in [-0.39, 0.29) is 17.6 Å². The Balaban J connectivity index is 2.26. The highest BCUT2D eigenvalue weighted by Crippen LogP contribution is 2.26. The van der Waals surface area contributed by atoms with Gasteiger partial charge in [-0.2, -0.15) is 0 Å². The number of carbonyl (C=O) groups excluding carboxylic acids is 1. The Morgan fingerprint density at radius 1 is 1.39 bits per heavy atom. The molecule has 0 heterocycles. The molecule has 100 valence electrons. The van der Waals surface area contributed by atoms with Crippen LogP contribution in [0.4, 0.5) is 0 Å². The number of phenols is 1. The van der Waals surface area contributed by atoms with Crippen LogP contribution in [-0.4, -0.2) is 24.1 Å². The van der Waals surface area contributed by atoms with Gasteiger partial charge in [0.15, 0.2) is 0 Å². The summed E-state index contributed by atoms with van der Waals surface area (Å²) < 4.78 is 0.690. The largest absolute Gasteiger partial charge is 0.506 e. The van der Waals surface area contributed by atoms with Gasteiger partial charge in [0.1, 0.15) is 5.75 Å². The van der Waals surface area contributed by atoms with Gasteiger partial charge in [0.25, 0.3) is 0 Å². The van der Waals surface area contributed by atoms with Crippen molar-refractivity contribution in [2.75, 3.05) is 13.1 Å².